The van der Waals surface area contributed by atoms with Crippen LogP contribution in [-0.4, -0.2) is 45.6 Å². The first-order valence-corrected chi connectivity index (χ1v) is 14.9. The fourth-order valence-corrected chi connectivity index (χ4v) is 4.86. The van der Waals surface area contributed by atoms with Gasteiger partial charge in [0.15, 0.2) is 0 Å². The fourth-order valence-electron chi connectivity index (χ4n) is 4.86. The quantitative estimate of drug-likeness (QED) is 0.0778. The van der Waals surface area contributed by atoms with Crippen molar-refractivity contribution in [3.63, 3.8) is 0 Å². The number of hydrogen-bond acceptors (Lipinski definition) is 5. The molecule has 0 aliphatic carbocycles. The molecule has 0 radical (unpaired) electrons. The maximum Gasteiger partial charge on any atom is 0.305 e. The van der Waals surface area contributed by atoms with Crippen LogP contribution in [0.3, 0.4) is 0 Å². The van der Waals surface area contributed by atoms with Crippen LogP contribution in [0.5, 0.6) is 0 Å². The van der Waals surface area contributed by atoms with E-state index < -0.39 is 5.60 Å². The number of carbonyl (C=O) groups excluding carboxylic acids is 1. The van der Waals surface area contributed by atoms with Crippen molar-refractivity contribution in [2.75, 3.05) is 39.6 Å². The van der Waals surface area contributed by atoms with Crippen molar-refractivity contribution < 1.29 is 23.7 Å². The molecule has 0 spiro atoms. The Morgan fingerprint density at radius 1 is 0.550 bits per heavy atom. The number of rotatable bonds is 21. The predicted octanol–water partition coefficient (Wildman–Crippen LogP) is 7.71. The summed E-state index contributed by atoms with van der Waals surface area (Å²) in [6, 6.07) is 30.9. The van der Waals surface area contributed by atoms with E-state index in [-0.39, 0.29) is 12.6 Å². The highest BCUT2D eigenvalue weighted by Gasteiger charge is 2.37. The number of benzene rings is 3. The minimum absolute atomic E-state index is 0.135. The summed E-state index contributed by atoms with van der Waals surface area (Å²) in [6.45, 7) is 4.62. The average Bonchev–Trinajstić information content (AvgIpc) is 3.01. The third kappa shape index (κ3) is 10.5. The number of ether oxygens (including phenoxy) is 4. The zero-order valence-corrected chi connectivity index (χ0v) is 24.1. The van der Waals surface area contributed by atoms with E-state index in [1.807, 2.05) is 54.6 Å². The molecule has 3 aromatic carbocycles. The first-order chi connectivity index (χ1) is 19.8. The van der Waals surface area contributed by atoms with Gasteiger partial charge in [0.05, 0.1) is 33.0 Å². The van der Waals surface area contributed by atoms with Gasteiger partial charge in [0, 0.05) is 6.42 Å². The van der Waals surface area contributed by atoms with Crippen molar-refractivity contribution in [3.8, 4) is 0 Å². The molecule has 5 heteroatoms. The second-order valence-corrected chi connectivity index (χ2v) is 9.94. The Kier molecular flexibility index (Phi) is 15.1. The lowest BCUT2D eigenvalue weighted by molar-refractivity contribution is -0.145. The van der Waals surface area contributed by atoms with Crippen molar-refractivity contribution in [3.05, 3.63) is 108 Å². The Morgan fingerprint density at radius 2 is 0.975 bits per heavy atom. The van der Waals surface area contributed by atoms with Gasteiger partial charge in [-0.3, -0.25) is 4.79 Å². The van der Waals surface area contributed by atoms with Crippen molar-refractivity contribution in [2.24, 2.45) is 0 Å². The summed E-state index contributed by atoms with van der Waals surface area (Å²) in [5, 5.41) is 0. The van der Waals surface area contributed by atoms with E-state index in [9.17, 15) is 4.79 Å². The van der Waals surface area contributed by atoms with Crippen LogP contribution in [0.15, 0.2) is 91.0 Å². The van der Waals surface area contributed by atoms with Gasteiger partial charge in [-0.15, -0.1) is 0 Å². The molecule has 0 unspecified atom stereocenters. The molecule has 0 amide bonds. The highest BCUT2D eigenvalue weighted by atomic mass is 16.6. The van der Waals surface area contributed by atoms with Crippen LogP contribution in [0.1, 0.15) is 75.0 Å². The summed E-state index contributed by atoms with van der Waals surface area (Å²) in [5.74, 6) is -0.135. The van der Waals surface area contributed by atoms with Crippen LogP contribution in [-0.2, 0) is 29.3 Å². The standard InChI is InChI=1S/C35H46O5/c1-2-3-4-5-6-7-17-24-34(36)39-29-27-37-25-26-38-28-30-40-35(31-18-11-8-12-19-31,32-20-13-9-14-21-32)33-22-15-10-16-23-33/h8-16,18-23H,2-7,17,24-30H2,1H3. The molecule has 0 aliphatic rings. The lowest BCUT2D eigenvalue weighted by atomic mass is 9.80. The highest BCUT2D eigenvalue weighted by molar-refractivity contribution is 5.69. The summed E-state index contributed by atoms with van der Waals surface area (Å²) in [6.07, 6.45) is 8.82. The Morgan fingerprint density at radius 3 is 1.48 bits per heavy atom. The number of esters is 1. The SMILES string of the molecule is CCCCCCCCCC(=O)OCCOCCOCCOC(c1ccccc1)(c1ccccc1)c1ccccc1. The fraction of sp³-hybridized carbons (Fsp3) is 0.457. The molecule has 0 aromatic heterocycles. The van der Waals surface area contributed by atoms with Gasteiger partial charge >= 0.3 is 5.97 Å². The molecule has 0 atom stereocenters. The minimum atomic E-state index is -0.747. The van der Waals surface area contributed by atoms with E-state index in [0.29, 0.717) is 39.5 Å². The van der Waals surface area contributed by atoms with Crippen molar-refractivity contribution >= 4 is 5.97 Å². The van der Waals surface area contributed by atoms with Crippen molar-refractivity contribution in [1.29, 1.82) is 0 Å². The van der Waals surface area contributed by atoms with E-state index in [0.717, 1.165) is 29.5 Å². The smallest absolute Gasteiger partial charge is 0.305 e. The van der Waals surface area contributed by atoms with Gasteiger partial charge in [-0.25, -0.2) is 0 Å². The van der Waals surface area contributed by atoms with E-state index in [1.54, 1.807) is 0 Å². The molecule has 0 aliphatic heterocycles. The van der Waals surface area contributed by atoms with Crippen LogP contribution in [0.2, 0.25) is 0 Å². The summed E-state index contributed by atoms with van der Waals surface area (Å²) >= 11 is 0. The second-order valence-electron chi connectivity index (χ2n) is 9.94. The molecular formula is C35H46O5. The van der Waals surface area contributed by atoms with Gasteiger partial charge in [-0.1, -0.05) is 136 Å². The van der Waals surface area contributed by atoms with E-state index >= 15 is 0 Å². The van der Waals surface area contributed by atoms with Crippen LogP contribution < -0.4 is 0 Å². The maximum absolute atomic E-state index is 11.9. The number of hydrogen-bond donors (Lipinski definition) is 0. The Bertz CT molecular complexity index is 942. The lowest BCUT2D eigenvalue weighted by Crippen LogP contribution is -2.34. The molecule has 216 valence electrons. The zero-order chi connectivity index (χ0) is 28.1. The van der Waals surface area contributed by atoms with Gasteiger partial charge in [0.2, 0.25) is 0 Å². The monoisotopic (exact) mass is 546 g/mol. The Balaban J connectivity index is 1.36. The summed E-state index contributed by atoms with van der Waals surface area (Å²) < 4.78 is 23.4. The first-order valence-electron chi connectivity index (χ1n) is 14.9. The maximum atomic E-state index is 11.9. The van der Waals surface area contributed by atoms with Gasteiger partial charge in [-0.2, -0.15) is 0 Å². The molecule has 40 heavy (non-hydrogen) atoms. The molecule has 3 rings (SSSR count). The summed E-state index contributed by atoms with van der Waals surface area (Å²) in [7, 11) is 0. The average molecular weight is 547 g/mol. The van der Waals surface area contributed by atoms with E-state index in [4.69, 9.17) is 18.9 Å². The molecule has 5 nitrogen and oxygen atoms in total. The molecule has 0 saturated heterocycles. The third-order valence-electron chi connectivity index (χ3n) is 6.93. The number of carbonyl (C=O) groups is 1. The Hall–Kier alpha value is -2.99. The minimum Gasteiger partial charge on any atom is -0.463 e. The molecule has 0 N–H and O–H groups in total. The zero-order valence-electron chi connectivity index (χ0n) is 24.1. The molecular weight excluding hydrogens is 500 g/mol. The predicted molar refractivity (Wildman–Crippen MR) is 160 cm³/mol. The van der Waals surface area contributed by atoms with Crippen LogP contribution in [0.4, 0.5) is 0 Å². The van der Waals surface area contributed by atoms with E-state index in [2.05, 4.69) is 43.3 Å². The van der Waals surface area contributed by atoms with E-state index in [1.165, 1.54) is 32.1 Å². The molecule has 0 fully saturated rings. The summed E-state index contributed by atoms with van der Waals surface area (Å²) in [5.41, 5.74) is 2.45. The molecule has 0 saturated carbocycles. The van der Waals surface area contributed by atoms with Gasteiger partial charge in [0.1, 0.15) is 12.2 Å². The molecule has 0 bridgehead atoms. The Labute approximate surface area is 240 Å². The largest absolute Gasteiger partial charge is 0.463 e. The van der Waals surface area contributed by atoms with Crippen LogP contribution >= 0.6 is 0 Å². The molecule has 0 heterocycles. The van der Waals surface area contributed by atoms with Crippen molar-refractivity contribution in [1.82, 2.24) is 0 Å². The van der Waals surface area contributed by atoms with Crippen molar-refractivity contribution in [2.45, 2.75) is 63.9 Å². The normalized spacial score (nSPS) is 11.4. The van der Waals surface area contributed by atoms with Crippen LogP contribution in [0, 0.1) is 0 Å². The van der Waals surface area contributed by atoms with Gasteiger partial charge in [-0.05, 0) is 23.1 Å². The van der Waals surface area contributed by atoms with Gasteiger partial charge < -0.3 is 18.9 Å². The first kappa shape index (κ1) is 31.5. The second kappa shape index (κ2) is 19.1. The van der Waals surface area contributed by atoms with Crippen LogP contribution in [0.25, 0.3) is 0 Å². The highest BCUT2D eigenvalue weighted by Crippen LogP contribution is 2.40. The topological polar surface area (TPSA) is 54.0 Å². The lowest BCUT2D eigenvalue weighted by Gasteiger charge is -2.36. The third-order valence-corrected chi connectivity index (χ3v) is 6.93. The van der Waals surface area contributed by atoms with Gasteiger partial charge in [0.25, 0.3) is 0 Å². The summed E-state index contributed by atoms with van der Waals surface area (Å²) in [4.78, 5) is 11.9. The number of unbranched alkanes of at least 4 members (excludes halogenated alkanes) is 6. The molecule has 3 aromatic rings.